The fourth-order valence-corrected chi connectivity index (χ4v) is 12.5. The molecule has 0 saturated heterocycles. The Balaban J connectivity index is 1.35. The molecule has 284 valence electrons. The fourth-order valence-electron chi connectivity index (χ4n) is 12.5. The minimum atomic E-state index is -0.146. The molecular formula is C53H64N2+2. The van der Waals surface area contributed by atoms with Gasteiger partial charge in [0.25, 0.3) is 0 Å². The number of hydrogen-bond acceptors (Lipinski definition) is 0. The van der Waals surface area contributed by atoms with Crippen LogP contribution in [-0.4, -0.2) is 0 Å². The first-order chi connectivity index (χ1) is 25.4. The fraction of sp³-hybridized carbons (Fsp3) is 0.472. The molecule has 0 spiro atoms. The van der Waals surface area contributed by atoms with Crippen LogP contribution in [-0.2, 0) is 39.7 Å². The van der Waals surface area contributed by atoms with Crippen molar-refractivity contribution < 1.29 is 9.13 Å². The van der Waals surface area contributed by atoms with Crippen molar-refractivity contribution >= 4 is 0 Å². The third kappa shape index (κ3) is 3.98. The molecule has 3 aliphatic carbocycles. The van der Waals surface area contributed by atoms with Crippen LogP contribution in [0.3, 0.4) is 0 Å². The Morgan fingerprint density at radius 2 is 1.00 bits per heavy atom. The molecule has 2 aromatic heterocycles. The Kier molecular flexibility index (Phi) is 6.96. The van der Waals surface area contributed by atoms with Gasteiger partial charge in [0.2, 0.25) is 11.4 Å². The van der Waals surface area contributed by atoms with Crippen LogP contribution in [0.5, 0.6) is 0 Å². The number of pyridine rings is 2. The average Bonchev–Trinajstić information content (AvgIpc) is 3.60. The van der Waals surface area contributed by atoms with Crippen molar-refractivity contribution in [2.75, 3.05) is 0 Å². The van der Waals surface area contributed by atoms with Crippen molar-refractivity contribution in [1.29, 1.82) is 0 Å². The summed E-state index contributed by atoms with van der Waals surface area (Å²) in [5.74, 6) is 0.271. The van der Waals surface area contributed by atoms with Crippen LogP contribution in [0.15, 0.2) is 91.3 Å². The highest BCUT2D eigenvalue weighted by molar-refractivity contribution is 5.78. The second kappa shape index (κ2) is 10.5. The van der Waals surface area contributed by atoms with Crippen LogP contribution in [0.1, 0.15) is 142 Å². The number of benzene rings is 3. The zero-order valence-electron chi connectivity index (χ0n) is 36.6. The molecule has 55 heavy (non-hydrogen) atoms. The summed E-state index contributed by atoms with van der Waals surface area (Å²) >= 11 is 0. The van der Waals surface area contributed by atoms with Gasteiger partial charge < -0.3 is 0 Å². The van der Waals surface area contributed by atoms with Gasteiger partial charge in [-0.25, -0.2) is 4.57 Å². The van der Waals surface area contributed by atoms with Crippen LogP contribution in [0.25, 0.3) is 33.6 Å². The quantitative estimate of drug-likeness (QED) is 0.163. The zero-order valence-corrected chi connectivity index (χ0v) is 36.6. The van der Waals surface area contributed by atoms with Crippen molar-refractivity contribution in [2.24, 2.45) is 17.9 Å². The molecule has 2 nitrogen and oxygen atoms in total. The van der Waals surface area contributed by atoms with Gasteiger partial charge in [0.05, 0.1) is 22.5 Å². The molecule has 1 aliphatic heterocycles. The molecule has 4 aliphatic rings. The van der Waals surface area contributed by atoms with Gasteiger partial charge in [-0.15, -0.1) is 0 Å². The number of aryl methyl sites for hydroxylation is 2. The maximum atomic E-state index is 2.70. The normalized spacial score (nSPS) is 27.4. The summed E-state index contributed by atoms with van der Waals surface area (Å²) in [6.07, 6.45) is 4.75. The molecule has 0 bridgehead atoms. The third-order valence-electron chi connectivity index (χ3n) is 18.7. The van der Waals surface area contributed by atoms with E-state index in [1.54, 1.807) is 0 Å². The second-order valence-electron chi connectivity index (χ2n) is 21.6. The van der Waals surface area contributed by atoms with Gasteiger partial charge >= 0.3 is 0 Å². The van der Waals surface area contributed by atoms with E-state index in [4.69, 9.17) is 0 Å². The van der Waals surface area contributed by atoms with E-state index in [0.29, 0.717) is 0 Å². The number of nitrogens with zero attached hydrogens (tertiary/aromatic N) is 2. The monoisotopic (exact) mass is 729 g/mol. The SMILES string of the molecule is Cc1cc(-c2cc3c(cc2C2C4(C)c5cc6c(cc5-c5cccc[n+]5C24C)C(C)(C)C(C)(C)C6(C)C)C(C)(C)C(C)(C)C3(C)C)[n+](C)cc1-c1ccccc1. The molecular weight excluding hydrogens is 665 g/mol. The van der Waals surface area contributed by atoms with Gasteiger partial charge in [-0.1, -0.05) is 126 Å². The molecule has 2 heteroatoms. The third-order valence-corrected chi connectivity index (χ3v) is 18.7. The summed E-state index contributed by atoms with van der Waals surface area (Å²) in [6, 6.07) is 30.9. The van der Waals surface area contributed by atoms with Crippen LogP contribution in [0.4, 0.5) is 0 Å². The molecule has 3 aromatic carbocycles. The summed E-state index contributed by atoms with van der Waals surface area (Å²) in [5.41, 5.74) is 18.4. The first kappa shape index (κ1) is 36.6. The molecule has 5 aromatic rings. The van der Waals surface area contributed by atoms with Crippen molar-refractivity contribution in [1.82, 2.24) is 0 Å². The predicted octanol–water partition coefficient (Wildman–Crippen LogP) is 12.1. The number of aromatic nitrogens is 2. The largest absolute Gasteiger partial charge is 0.213 e. The molecule has 0 N–H and O–H groups in total. The van der Waals surface area contributed by atoms with Crippen LogP contribution in [0, 0.1) is 17.8 Å². The van der Waals surface area contributed by atoms with E-state index in [2.05, 4.69) is 211 Å². The Morgan fingerprint density at radius 1 is 0.491 bits per heavy atom. The minimum Gasteiger partial charge on any atom is -0.200 e. The highest BCUT2D eigenvalue weighted by atomic mass is 15.2. The van der Waals surface area contributed by atoms with E-state index in [-0.39, 0.29) is 49.4 Å². The smallest absolute Gasteiger partial charge is 0.200 e. The first-order valence-corrected chi connectivity index (χ1v) is 20.9. The lowest BCUT2D eigenvalue weighted by Crippen LogP contribution is -2.53. The van der Waals surface area contributed by atoms with Gasteiger partial charge in [-0.3, -0.25) is 0 Å². The van der Waals surface area contributed by atoms with Gasteiger partial charge in [0.1, 0.15) is 7.05 Å². The van der Waals surface area contributed by atoms with Crippen LogP contribution >= 0.6 is 0 Å². The summed E-state index contributed by atoms with van der Waals surface area (Å²) < 4.78 is 5.08. The Hall–Kier alpha value is -4.04. The average molecular weight is 729 g/mol. The van der Waals surface area contributed by atoms with Gasteiger partial charge in [-0.2, -0.15) is 4.57 Å². The number of fused-ring (bicyclic) bond motifs is 8. The topological polar surface area (TPSA) is 7.76 Å². The van der Waals surface area contributed by atoms with Gasteiger partial charge in [0.15, 0.2) is 17.9 Å². The van der Waals surface area contributed by atoms with Crippen molar-refractivity contribution in [3.63, 3.8) is 0 Å². The number of rotatable bonds is 3. The Bertz CT molecular complexity index is 2490. The highest BCUT2D eigenvalue weighted by Crippen LogP contribution is 2.76. The van der Waals surface area contributed by atoms with Crippen molar-refractivity contribution in [3.8, 4) is 33.6 Å². The second-order valence-corrected chi connectivity index (χ2v) is 21.6. The summed E-state index contributed by atoms with van der Waals surface area (Å²) in [6.45, 7) is 37.4. The van der Waals surface area contributed by atoms with E-state index in [9.17, 15) is 0 Å². The van der Waals surface area contributed by atoms with Crippen molar-refractivity contribution in [2.45, 2.75) is 142 Å². The standard InChI is InChI=1S/C53H64N2/c1-32-26-44(54(16)31-37(32)33-22-18-17-19-23-33)34-27-39-40(47(4,5)50(10,11)46(39,2)3)28-35(34)45-52(14)38-30-42-41(48(6,7)51(12,13)49(42,8)9)29-36(38)43-24-20-21-25-55(43)53(45,52)15/h17-31,45H,1-16H3/q+2. The molecule has 0 amide bonds. The van der Waals surface area contributed by atoms with Crippen LogP contribution in [0.2, 0.25) is 0 Å². The molecule has 9 rings (SSSR count). The molecule has 1 fully saturated rings. The van der Waals surface area contributed by atoms with Crippen molar-refractivity contribution in [3.05, 3.63) is 130 Å². The first-order valence-electron chi connectivity index (χ1n) is 20.9. The summed E-state index contributed by atoms with van der Waals surface area (Å²) in [4.78, 5) is 0. The van der Waals surface area contributed by atoms with E-state index in [1.807, 2.05) is 0 Å². The lowest BCUT2D eigenvalue weighted by atomic mass is 9.59. The lowest BCUT2D eigenvalue weighted by Gasteiger charge is -2.44. The molecule has 3 unspecified atom stereocenters. The lowest BCUT2D eigenvalue weighted by molar-refractivity contribution is -0.732. The van der Waals surface area contributed by atoms with Gasteiger partial charge in [-0.05, 0) is 109 Å². The van der Waals surface area contributed by atoms with E-state index in [1.165, 1.54) is 72.6 Å². The Morgan fingerprint density at radius 3 is 1.58 bits per heavy atom. The molecule has 0 radical (unpaired) electrons. The Labute approximate surface area is 332 Å². The van der Waals surface area contributed by atoms with Gasteiger partial charge in [0, 0.05) is 30.7 Å². The van der Waals surface area contributed by atoms with E-state index in [0.717, 1.165) is 0 Å². The summed E-state index contributed by atoms with van der Waals surface area (Å²) in [5, 5.41) is 0. The zero-order chi connectivity index (χ0) is 39.8. The van der Waals surface area contributed by atoms with E-state index >= 15 is 0 Å². The molecule has 3 atom stereocenters. The van der Waals surface area contributed by atoms with Crippen LogP contribution < -0.4 is 9.13 Å². The molecule has 3 heterocycles. The molecule has 1 saturated carbocycles. The summed E-state index contributed by atoms with van der Waals surface area (Å²) in [7, 11) is 2.26. The van der Waals surface area contributed by atoms with E-state index < -0.39 is 0 Å². The maximum Gasteiger partial charge on any atom is 0.213 e. The highest BCUT2D eigenvalue weighted by Gasteiger charge is 2.83. The predicted molar refractivity (Wildman–Crippen MR) is 229 cm³/mol. The maximum absolute atomic E-state index is 2.70. The minimum absolute atomic E-state index is 0.000512. The number of hydrogen-bond donors (Lipinski definition) is 0.